The number of hydrogen-bond acceptors (Lipinski definition) is 3. The Morgan fingerprint density at radius 3 is 3.08 bits per heavy atom. The molecule has 0 aliphatic carbocycles. The average molecular weight is 192 g/mol. The first-order chi connectivity index (χ1) is 6.33. The molecule has 2 aromatic rings. The molecule has 0 aliphatic rings. The second kappa shape index (κ2) is 3.36. The van der Waals surface area contributed by atoms with Gasteiger partial charge < -0.3 is 11.1 Å². The number of anilines is 1. The van der Waals surface area contributed by atoms with Gasteiger partial charge in [0.2, 0.25) is 0 Å². The van der Waals surface area contributed by atoms with E-state index in [2.05, 4.69) is 16.8 Å². The van der Waals surface area contributed by atoms with E-state index in [0.717, 1.165) is 12.2 Å². The van der Waals surface area contributed by atoms with Crippen LogP contribution in [0.2, 0.25) is 0 Å². The molecule has 0 saturated heterocycles. The molecule has 0 unspecified atom stereocenters. The van der Waals surface area contributed by atoms with Gasteiger partial charge in [0, 0.05) is 12.2 Å². The lowest BCUT2D eigenvalue weighted by molar-refractivity contribution is 0.826. The van der Waals surface area contributed by atoms with Crippen LogP contribution in [0.4, 0.5) is 5.69 Å². The normalized spacial score (nSPS) is 10.8. The summed E-state index contributed by atoms with van der Waals surface area (Å²) in [6.45, 7) is 0.906. The molecule has 0 radical (unpaired) electrons. The molecule has 0 amide bonds. The predicted octanol–water partition coefficient (Wildman–Crippen LogP) is 2.20. The first kappa shape index (κ1) is 8.53. The Kier molecular flexibility index (Phi) is 2.20. The molecule has 68 valence electrons. The molecule has 0 atom stereocenters. The van der Waals surface area contributed by atoms with E-state index in [1.54, 1.807) is 11.3 Å². The number of nitrogens with one attached hydrogen (secondary N) is 1. The molecule has 3 N–H and O–H groups in total. The van der Waals surface area contributed by atoms with Crippen molar-refractivity contribution >= 4 is 27.1 Å². The van der Waals surface area contributed by atoms with E-state index in [1.165, 1.54) is 15.6 Å². The van der Waals surface area contributed by atoms with Gasteiger partial charge in [-0.2, -0.15) is 0 Å². The highest BCUT2D eigenvalue weighted by atomic mass is 32.1. The van der Waals surface area contributed by atoms with E-state index in [4.69, 9.17) is 5.73 Å². The van der Waals surface area contributed by atoms with Crippen LogP contribution in [0.5, 0.6) is 0 Å². The van der Waals surface area contributed by atoms with E-state index >= 15 is 0 Å². The molecule has 1 heterocycles. The molecule has 2 nitrogen and oxygen atoms in total. The Hall–Kier alpha value is -1.06. The highest BCUT2D eigenvalue weighted by Gasteiger charge is 2.04. The number of thiophene rings is 1. The average Bonchev–Trinajstić information content (AvgIpc) is 2.51. The lowest BCUT2D eigenvalue weighted by Gasteiger charge is -1.98. The molecule has 0 saturated carbocycles. The Labute approximate surface area is 81.4 Å². The summed E-state index contributed by atoms with van der Waals surface area (Å²) in [4.78, 5) is 0. The maximum Gasteiger partial charge on any atom is 0.0575 e. The molecule has 0 aliphatic heterocycles. The van der Waals surface area contributed by atoms with Crippen LogP contribution < -0.4 is 11.1 Å². The highest BCUT2D eigenvalue weighted by Crippen LogP contribution is 2.30. The van der Waals surface area contributed by atoms with E-state index in [9.17, 15) is 0 Å². The predicted molar refractivity (Wildman–Crippen MR) is 59.0 cm³/mol. The summed E-state index contributed by atoms with van der Waals surface area (Å²) in [6.07, 6.45) is 0. The molecule has 0 bridgehead atoms. The number of nitrogens with two attached hydrogens (primary N) is 1. The smallest absolute Gasteiger partial charge is 0.0575 e. The molecule has 0 fully saturated rings. The van der Waals surface area contributed by atoms with E-state index in [1.807, 2.05) is 19.2 Å². The Bertz CT molecular complexity index is 420. The van der Waals surface area contributed by atoms with Gasteiger partial charge in [0.15, 0.2) is 0 Å². The van der Waals surface area contributed by atoms with Crippen molar-refractivity contribution in [3.8, 4) is 0 Å². The third kappa shape index (κ3) is 1.41. The van der Waals surface area contributed by atoms with Gasteiger partial charge in [0.25, 0.3) is 0 Å². The van der Waals surface area contributed by atoms with Crippen molar-refractivity contribution in [1.29, 1.82) is 0 Å². The summed E-state index contributed by atoms with van der Waals surface area (Å²) in [6, 6.07) is 6.07. The molecular weight excluding hydrogens is 180 g/mol. The number of hydrogen-bond donors (Lipinski definition) is 2. The minimum Gasteiger partial charge on any atom is -0.398 e. The second-order valence-electron chi connectivity index (χ2n) is 3.02. The molecule has 0 spiro atoms. The summed E-state index contributed by atoms with van der Waals surface area (Å²) >= 11 is 1.72. The van der Waals surface area contributed by atoms with Crippen molar-refractivity contribution in [3.63, 3.8) is 0 Å². The number of rotatable bonds is 2. The van der Waals surface area contributed by atoms with Crippen molar-refractivity contribution in [2.75, 3.05) is 12.8 Å². The van der Waals surface area contributed by atoms with Crippen molar-refractivity contribution in [1.82, 2.24) is 5.32 Å². The van der Waals surface area contributed by atoms with Gasteiger partial charge >= 0.3 is 0 Å². The van der Waals surface area contributed by atoms with Crippen LogP contribution in [0.25, 0.3) is 10.1 Å². The van der Waals surface area contributed by atoms with Crippen LogP contribution in [0.1, 0.15) is 5.56 Å². The van der Waals surface area contributed by atoms with Gasteiger partial charge in [-0.3, -0.25) is 0 Å². The fraction of sp³-hybridized carbons (Fsp3) is 0.200. The fourth-order valence-electron chi connectivity index (χ4n) is 1.46. The lowest BCUT2D eigenvalue weighted by Crippen LogP contribution is -2.03. The first-order valence-corrected chi connectivity index (χ1v) is 5.10. The number of fused-ring (bicyclic) bond motifs is 1. The fourth-order valence-corrected chi connectivity index (χ4v) is 2.46. The lowest BCUT2D eigenvalue weighted by atomic mass is 10.1. The number of benzene rings is 1. The molecular formula is C10H12N2S. The molecule has 1 aromatic carbocycles. The maximum absolute atomic E-state index is 5.86. The van der Waals surface area contributed by atoms with Crippen LogP contribution in [-0.4, -0.2) is 7.05 Å². The van der Waals surface area contributed by atoms with Crippen molar-refractivity contribution < 1.29 is 0 Å². The van der Waals surface area contributed by atoms with E-state index in [-0.39, 0.29) is 0 Å². The summed E-state index contributed by atoms with van der Waals surface area (Å²) < 4.78 is 1.20. The van der Waals surface area contributed by atoms with Crippen LogP contribution in [0.15, 0.2) is 23.6 Å². The molecule has 3 heteroatoms. The highest BCUT2D eigenvalue weighted by molar-refractivity contribution is 7.18. The monoisotopic (exact) mass is 192 g/mol. The molecule has 2 rings (SSSR count). The van der Waals surface area contributed by atoms with Gasteiger partial charge in [-0.15, -0.1) is 11.3 Å². The van der Waals surface area contributed by atoms with Crippen LogP contribution in [-0.2, 0) is 6.54 Å². The largest absolute Gasteiger partial charge is 0.398 e. The van der Waals surface area contributed by atoms with Gasteiger partial charge in [-0.05, 0) is 29.4 Å². The summed E-state index contributed by atoms with van der Waals surface area (Å²) in [5.74, 6) is 0. The number of nitrogen functional groups attached to an aromatic ring is 1. The first-order valence-electron chi connectivity index (χ1n) is 4.22. The summed E-state index contributed by atoms with van der Waals surface area (Å²) in [5, 5.41) is 6.59. The minimum atomic E-state index is 0.879. The standard InChI is InChI=1S/C10H12N2S/c1-12-5-7-6-13-10-8(7)3-2-4-9(10)11/h2-4,6,12H,5,11H2,1H3. The van der Waals surface area contributed by atoms with Crippen molar-refractivity contribution in [3.05, 3.63) is 29.1 Å². The zero-order chi connectivity index (χ0) is 9.26. The van der Waals surface area contributed by atoms with Crippen LogP contribution in [0.3, 0.4) is 0 Å². The van der Waals surface area contributed by atoms with Crippen molar-refractivity contribution in [2.24, 2.45) is 0 Å². The van der Waals surface area contributed by atoms with Crippen LogP contribution in [0, 0.1) is 0 Å². The Balaban J connectivity index is 2.61. The van der Waals surface area contributed by atoms with Gasteiger partial charge in [0.05, 0.1) is 4.70 Å². The quantitative estimate of drug-likeness (QED) is 0.716. The Morgan fingerprint density at radius 2 is 2.31 bits per heavy atom. The zero-order valence-corrected chi connectivity index (χ0v) is 8.32. The second-order valence-corrected chi connectivity index (χ2v) is 3.89. The summed E-state index contributed by atoms with van der Waals surface area (Å²) in [5.41, 5.74) is 8.06. The van der Waals surface area contributed by atoms with Crippen LogP contribution >= 0.6 is 11.3 Å². The topological polar surface area (TPSA) is 38.0 Å². The minimum absolute atomic E-state index is 0.879. The SMILES string of the molecule is CNCc1csc2c(N)cccc12. The zero-order valence-electron chi connectivity index (χ0n) is 7.50. The van der Waals surface area contributed by atoms with E-state index in [0.29, 0.717) is 0 Å². The molecule has 1 aromatic heterocycles. The van der Waals surface area contributed by atoms with Gasteiger partial charge in [-0.25, -0.2) is 0 Å². The van der Waals surface area contributed by atoms with Gasteiger partial charge in [-0.1, -0.05) is 12.1 Å². The maximum atomic E-state index is 5.86. The summed E-state index contributed by atoms with van der Waals surface area (Å²) in [7, 11) is 1.95. The van der Waals surface area contributed by atoms with Crippen molar-refractivity contribution in [2.45, 2.75) is 6.54 Å². The Morgan fingerprint density at radius 1 is 1.46 bits per heavy atom. The molecule has 13 heavy (non-hydrogen) atoms. The van der Waals surface area contributed by atoms with E-state index < -0.39 is 0 Å². The van der Waals surface area contributed by atoms with Gasteiger partial charge in [0.1, 0.15) is 0 Å². The third-order valence-electron chi connectivity index (χ3n) is 2.08. The third-order valence-corrected chi connectivity index (χ3v) is 3.17.